The van der Waals surface area contributed by atoms with Crippen molar-refractivity contribution >= 4 is 17.7 Å². The van der Waals surface area contributed by atoms with Gasteiger partial charge in [-0.2, -0.15) is 11.8 Å². The average molecular weight is 304 g/mol. The molecule has 1 aromatic carbocycles. The number of fused-ring (bicyclic) bond motifs is 2. The molecule has 0 saturated carbocycles. The highest BCUT2D eigenvalue weighted by atomic mass is 32.2. The Balaban J connectivity index is 1.58. The van der Waals surface area contributed by atoms with Crippen molar-refractivity contribution in [1.82, 2.24) is 5.32 Å². The van der Waals surface area contributed by atoms with E-state index < -0.39 is 0 Å². The van der Waals surface area contributed by atoms with Gasteiger partial charge in [-0.1, -0.05) is 31.2 Å². The molecular weight excluding hydrogens is 280 g/mol. The van der Waals surface area contributed by atoms with Crippen LogP contribution in [0.15, 0.2) is 24.3 Å². The highest BCUT2D eigenvalue weighted by Crippen LogP contribution is 2.51. The number of thioether (sulfide) groups is 1. The SMILES string of the molecule is CC1(C(=O)NCc2ccc(CN)cc2)CC2CCC(C1)S2. The van der Waals surface area contributed by atoms with Gasteiger partial charge in [0.1, 0.15) is 0 Å². The molecule has 2 aliphatic heterocycles. The second-order valence-electron chi connectivity index (χ2n) is 6.63. The summed E-state index contributed by atoms with van der Waals surface area (Å²) >= 11 is 2.10. The summed E-state index contributed by atoms with van der Waals surface area (Å²) in [6.45, 7) is 3.32. The molecule has 3 N–H and O–H groups in total. The number of carbonyl (C=O) groups is 1. The first-order chi connectivity index (χ1) is 10.1. The van der Waals surface area contributed by atoms with Crippen LogP contribution in [-0.2, 0) is 17.9 Å². The predicted octanol–water partition coefficient (Wildman–Crippen LogP) is 2.83. The lowest BCUT2D eigenvalue weighted by Crippen LogP contribution is -2.43. The lowest BCUT2D eigenvalue weighted by Gasteiger charge is -2.36. The number of carbonyl (C=O) groups excluding carboxylic acids is 1. The number of benzene rings is 1. The molecule has 3 rings (SSSR count). The van der Waals surface area contributed by atoms with Crippen molar-refractivity contribution in [2.24, 2.45) is 11.1 Å². The molecular formula is C17H24N2OS. The lowest BCUT2D eigenvalue weighted by molar-refractivity contribution is -0.131. The van der Waals surface area contributed by atoms with Gasteiger partial charge in [0.05, 0.1) is 0 Å². The fourth-order valence-corrected chi connectivity index (χ4v) is 5.56. The summed E-state index contributed by atoms with van der Waals surface area (Å²) in [7, 11) is 0. The Labute approximate surface area is 131 Å². The van der Waals surface area contributed by atoms with Crippen LogP contribution in [0.3, 0.4) is 0 Å². The van der Waals surface area contributed by atoms with Gasteiger partial charge in [-0.15, -0.1) is 0 Å². The van der Waals surface area contributed by atoms with Crippen LogP contribution in [0, 0.1) is 5.41 Å². The monoisotopic (exact) mass is 304 g/mol. The Bertz CT molecular complexity index is 502. The number of rotatable bonds is 4. The molecule has 114 valence electrons. The van der Waals surface area contributed by atoms with Crippen molar-refractivity contribution in [1.29, 1.82) is 0 Å². The summed E-state index contributed by atoms with van der Waals surface area (Å²) in [6.07, 6.45) is 4.65. The molecule has 2 fully saturated rings. The molecule has 2 heterocycles. The number of amides is 1. The van der Waals surface area contributed by atoms with E-state index in [4.69, 9.17) is 5.73 Å². The van der Waals surface area contributed by atoms with Crippen LogP contribution in [0.1, 0.15) is 43.7 Å². The van der Waals surface area contributed by atoms with E-state index in [-0.39, 0.29) is 11.3 Å². The molecule has 0 aromatic heterocycles. The molecule has 0 aliphatic carbocycles. The molecule has 0 radical (unpaired) electrons. The number of nitrogens with one attached hydrogen (secondary N) is 1. The molecule has 0 spiro atoms. The molecule has 3 nitrogen and oxygen atoms in total. The molecule has 4 heteroatoms. The first kappa shape index (κ1) is 14.9. The maximum Gasteiger partial charge on any atom is 0.226 e. The topological polar surface area (TPSA) is 55.1 Å². The molecule has 2 aliphatic rings. The van der Waals surface area contributed by atoms with E-state index in [2.05, 4.69) is 24.0 Å². The minimum atomic E-state index is -0.172. The minimum Gasteiger partial charge on any atom is -0.352 e. The number of hydrogen-bond acceptors (Lipinski definition) is 3. The largest absolute Gasteiger partial charge is 0.352 e. The van der Waals surface area contributed by atoms with Crippen LogP contribution in [0.4, 0.5) is 0 Å². The van der Waals surface area contributed by atoms with Gasteiger partial charge in [-0.3, -0.25) is 4.79 Å². The van der Waals surface area contributed by atoms with Crippen LogP contribution in [0.5, 0.6) is 0 Å². The molecule has 2 atom stereocenters. The van der Waals surface area contributed by atoms with Crippen LogP contribution in [0.25, 0.3) is 0 Å². The van der Waals surface area contributed by atoms with Gasteiger partial charge >= 0.3 is 0 Å². The highest BCUT2D eigenvalue weighted by Gasteiger charge is 2.45. The number of hydrogen-bond donors (Lipinski definition) is 2. The van der Waals surface area contributed by atoms with Gasteiger partial charge in [0.15, 0.2) is 0 Å². The molecule has 2 saturated heterocycles. The van der Waals surface area contributed by atoms with Gasteiger partial charge < -0.3 is 11.1 Å². The van der Waals surface area contributed by atoms with E-state index in [0.29, 0.717) is 23.6 Å². The van der Waals surface area contributed by atoms with E-state index >= 15 is 0 Å². The van der Waals surface area contributed by atoms with Crippen molar-refractivity contribution in [2.75, 3.05) is 0 Å². The van der Waals surface area contributed by atoms with E-state index in [1.54, 1.807) is 0 Å². The second kappa shape index (κ2) is 6.01. The standard InChI is InChI=1S/C17H24N2OS/c1-17(8-14-6-7-15(9-17)21-14)16(20)19-11-13-4-2-12(10-18)3-5-13/h2-5,14-15H,6-11,18H2,1H3,(H,19,20). The molecule has 1 amide bonds. The third-order valence-corrected chi connectivity index (χ3v) is 6.39. The van der Waals surface area contributed by atoms with Gasteiger partial charge in [-0.25, -0.2) is 0 Å². The first-order valence-corrected chi connectivity index (χ1v) is 8.75. The Morgan fingerprint density at radius 3 is 2.38 bits per heavy atom. The third kappa shape index (κ3) is 3.27. The van der Waals surface area contributed by atoms with Gasteiger partial charge in [0, 0.05) is 29.0 Å². The first-order valence-electron chi connectivity index (χ1n) is 7.81. The maximum atomic E-state index is 12.6. The van der Waals surface area contributed by atoms with Crippen LogP contribution >= 0.6 is 11.8 Å². The van der Waals surface area contributed by atoms with Gasteiger partial charge in [0.2, 0.25) is 5.91 Å². The van der Waals surface area contributed by atoms with Crippen LogP contribution < -0.4 is 11.1 Å². The quantitative estimate of drug-likeness (QED) is 0.899. The fraction of sp³-hybridized carbons (Fsp3) is 0.588. The summed E-state index contributed by atoms with van der Waals surface area (Å²) in [5.41, 5.74) is 7.68. The van der Waals surface area contributed by atoms with Crippen LogP contribution in [0.2, 0.25) is 0 Å². The normalized spacial score (nSPS) is 31.1. The average Bonchev–Trinajstić information content (AvgIpc) is 2.84. The molecule has 2 unspecified atom stereocenters. The second-order valence-corrected chi connectivity index (χ2v) is 8.24. The zero-order valence-corrected chi connectivity index (χ0v) is 13.4. The summed E-state index contributed by atoms with van der Waals surface area (Å²) in [4.78, 5) is 12.6. The Morgan fingerprint density at radius 1 is 1.24 bits per heavy atom. The third-order valence-electron chi connectivity index (χ3n) is 4.81. The minimum absolute atomic E-state index is 0.172. The van der Waals surface area contributed by atoms with E-state index in [9.17, 15) is 4.79 Å². The van der Waals surface area contributed by atoms with Crippen molar-refractivity contribution < 1.29 is 4.79 Å². The smallest absolute Gasteiger partial charge is 0.226 e. The van der Waals surface area contributed by atoms with Crippen molar-refractivity contribution in [2.45, 2.75) is 56.2 Å². The highest BCUT2D eigenvalue weighted by molar-refractivity contribution is 8.00. The fourth-order valence-electron chi connectivity index (χ4n) is 3.54. The summed E-state index contributed by atoms with van der Waals surface area (Å²) < 4.78 is 0. The summed E-state index contributed by atoms with van der Waals surface area (Å²) in [5, 5.41) is 4.53. The zero-order valence-electron chi connectivity index (χ0n) is 12.6. The zero-order chi connectivity index (χ0) is 14.9. The van der Waals surface area contributed by atoms with E-state index in [1.165, 1.54) is 12.8 Å². The van der Waals surface area contributed by atoms with Gasteiger partial charge in [0.25, 0.3) is 0 Å². The summed E-state index contributed by atoms with van der Waals surface area (Å²) in [6, 6.07) is 8.15. The van der Waals surface area contributed by atoms with Crippen molar-refractivity contribution in [3.8, 4) is 0 Å². The lowest BCUT2D eigenvalue weighted by atomic mass is 9.81. The van der Waals surface area contributed by atoms with Crippen LogP contribution in [-0.4, -0.2) is 16.4 Å². The number of nitrogens with two attached hydrogens (primary N) is 1. The van der Waals surface area contributed by atoms with Crippen molar-refractivity contribution in [3.63, 3.8) is 0 Å². The van der Waals surface area contributed by atoms with E-state index in [0.717, 1.165) is 24.0 Å². The summed E-state index contributed by atoms with van der Waals surface area (Å²) in [5.74, 6) is 0.225. The molecule has 21 heavy (non-hydrogen) atoms. The Morgan fingerprint density at radius 2 is 1.81 bits per heavy atom. The molecule has 1 aromatic rings. The Kier molecular flexibility index (Phi) is 4.27. The van der Waals surface area contributed by atoms with Gasteiger partial charge in [-0.05, 0) is 36.8 Å². The van der Waals surface area contributed by atoms with E-state index in [1.807, 2.05) is 24.3 Å². The van der Waals surface area contributed by atoms with Crippen molar-refractivity contribution in [3.05, 3.63) is 35.4 Å². The Hall–Kier alpha value is -1.00. The predicted molar refractivity (Wildman–Crippen MR) is 87.9 cm³/mol. The molecule has 2 bridgehead atoms. The maximum absolute atomic E-state index is 12.6.